The summed E-state index contributed by atoms with van der Waals surface area (Å²) in [5.41, 5.74) is 0. The van der Waals surface area contributed by atoms with E-state index in [1.165, 1.54) is 0 Å². The molecule has 0 nitrogen and oxygen atoms in total. The standard InChI is InChI=1S/CH4S.3W/c1-2;;;/h2H,1H3;;;/p-1. The Balaban J connectivity index is 0. The van der Waals surface area contributed by atoms with Gasteiger partial charge in [-0.2, -0.15) is 0 Å². The second kappa shape index (κ2) is 6.41. The molecule has 0 radical (unpaired) electrons. The van der Waals surface area contributed by atoms with Gasteiger partial charge in [-0.1, -0.05) is 0 Å². The van der Waals surface area contributed by atoms with Crippen LogP contribution in [0.5, 0.6) is 0 Å². The van der Waals surface area contributed by atoms with Crippen LogP contribution in [0.1, 0.15) is 0 Å². The summed E-state index contributed by atoms with van der Waals surface area (Å²) in [4.78, 5) is 0. The van der Waals surface area contributed by atoms with Crippen LogP contribution in [0.3, 0.4) is 0 Å². The van der Waals surface area contributed by atoms with E-state index < -0.39 is 0 Å². The van der Waals surface area contributed by atoms with Gasteiger partial charge in [0.05, 0.1) is 0 Å². The Bertz CT molecular complexity index is 55.3. The second-order valence-corrected chi connectivity index (χ2v) is 21.9. The zero-order valence-electron chi connectivity index (χ0n) is 2.63. The molecule has 0 aliphatic heterocycles. The van der Waals surface area contributed by atoms with Crippen LogP contribution >= 0.6 is 0 Å². The fourth-order valence-corrected chi connectivity index (χ4v) is 0. The van der Waals surface area contributed by atoms with Crippen LogP contribution in [-0.4, -0.2) is 6.26 Å². The third kappa shape index (κ3) is 21.4. The summed E-state index contributed by atoms with van der Waals surface area (Å²) in [5, 5.41) is 0.806. The van der Waals surface area contributed by atoms with E-state index in [9.17, 15) is 0 Å². The SMILES string of the molecule is C[S-](=[W])=[W].[W]. The molecule has 0 aliphatic rings. The van der Waals surface area contributed by atoms with E-state index in [0.29, 0.717) is 0 Å². The molecule has 0 N–H and O–H groups in total. The minimum atomic E-state index is 0. The Labute approximate surface area is 67.6 Å². The normalized spacial score (nSPS) is 6.80. The summed E-state index contributed by atoms with van der Waals surface area (Å²) < 4.78 is 0. The summed E-state index contributed by atoms with van der Waals surface area (Å²) in [6.45, 7) is 0. The number of rotatable bonds is 0. The zero-order chi connectivity index (χ0) is 3.58. The van der Waals surface area contributed by atoms with E-state index in [1.54, 1.807) is 36.0 Å². The third-order valence-corrected chi connectivity index (χ3v) is 0. The fourth-order valence-electron chi connectivity index (χ4n) is 0. The van der Waals surface area contributed by atoms with Gasteiger partial charge < -0.3 is 0 Å². The van der Waals surface area contributed by atoms with Crippen molar-refractivity contribution in [3.8, 4) is 0 Å². The van der Waals surface area contributed by atoms with Gasteiger partial charge in [0.2, 0.25) is 0 Å². The number of hydrogen-bond donors (Lipinski definition) is 0. The van der Waals surface area contributed by atoms with E-state index in [-0.39, 0.29) is 21.1 Å². The molecule has 0 saturated heterocycles. The summed E-state index contributed by atoms with van der Waals surface area (Å²) >= 11 is 3.48. The maximum atomic E-state index is 2.27. The van der Waals surface area contributed by atoms with Crippen molar-refractivity contribution >= 4 is 5.28 Å². The third-order valence-electron chi connectivity index (χ3n) is 0. The Hall–Kier alpha value is 2.41. The smallest absolute Gasteiger partial charge is 0 e. The Morgan fingerprint density at radius 1 is 1.40 bits per heavy atom. The average molecular weight is 599 g/mol. The topological polar surface area (TPSA) is 0 Å². The van der Waals surface area contributed by atoms with Crippen LogP contribution in [-0.2, 0) is 62.3 Å². The molecule has 0 amide bonds. The summed E-state index contributed by atoms with van der Waals surface area (Å²) in [6.07, 6.45) is 2.27. The summed E-state index contributed by atoms with van der Waals surface area (Å²) in [6, 6.07) is 0. The van der Waals surface area contributed by atoms with Gasteiger partial charge >= 0.3 is 47.5 Å². The van der Waals surface area contributed by atoms with Gasteiger partial charge in [-0.15, -0.1) is 0 Å². The first kappa shape index (κ1) is 10.4. The molecule has 0 aromatic rings. The first-order chi connectivity index (χ1) is 1.73. The van der Waals surface area contributed by atoms with E-state index in [1.807, 2.05) is 0 Å². The average Bonchev–Trinajstić information content (AvgIpc) is 0.811. The Morgan fingerprint density at radius 3 is 1.40 bits per heavy atom. The van der Waals surface area contributed by atoms with Crippen LogP contribution in [0, 0.1) is 0 Å². The van der Waals surface area contributed by atoms with Gasteiger partial charge in [0.15, 0.2) is 0 Å². The Kier molecular flexibility index (Phi) is 13.4. The maximum Gasteiger partial charge on any atom is 0 e. The van der Waals surface area contributed by atoms with Crippen LogP contribution < -0.4 is 0 Å². The van der Waals surface area contributed by atoms with Crippen LogP contribution in [0.25, 0.3) is 0 Å². The summed E-state index contributed by atoms with van der Waals surface area (Å²) in [7, 11) is 0. The van der Waals surface area contributed by atoms with Gasteiger partial charge in [-0.05, 0) is 0 Å². The molecule has 0 rings (SSSR count). The zero-order valence-corrected chi connectivity index (χ0v) is 12.2. The number of hydrogen-bond acceptors (Lipinski definition) is 1. The maximum absolute atomic E-state index is 2.27. The van der Waals surface area contributed by atoms with Crippen molar-refractivity contribution in [2.24, 2.45) is 0 Å². The predicted octanol–water partition coefficient (Wildman–Crippen LogP) is 0.156. The van der Waals surface area contributed by atoms with Crippen molar-refractivity contribution in [1.29, 1.82) is 0 Å². The van der Waals surface area contributed by atoms with Crippen LogP contribution in [0.4, 0.5) is 0 Å². The monoisotopic (exact) mass is 599 g/mol. The second-order valence-electron chi connectivity index (χ2n) is 0.401. The molecule has 0 unspecified atom stereocenters. The molecule has 4 heteroatoms. The van der Waals surface area contributed by atoms with Crippen molar-refractivity contribution in [2.45, 2.75) is 0 Å². The first-order valence-electron chi connectivity index (χ1n) is 0.742. The van der Waals surface area contributed by atoms with Crippen molar-refractivity contribution < 1.29 is 57.1 Å². The molecule has 0 atom stereocenters. The Morgan fingerprint density at radius 2 is 1.40 bits per heavy atom. The molecular formula is CH3SW3-. The molecule has 0 aromatic heterocycles. The van der Waals surface area contributed by atoms with Crippen molar-refractivity contribution in [3.05, 3.63) is 0 Å². The van der Waals surface area contributed by atoms with Gasteiger partial charge in [-0.25, -0.2) is 0 Å². The molecule has 0 aliphatic carbocycles. The van der Waals surface area contributed by atoms with E-state index in [2.05, 4.69) is 6.26 Å². The molecule has 0 fully saturated rings. The van der Waals surface area contributed by atoms with E-state index >= 15 is 0 Å². The molecular weight excluding hydrogens is 596 g/mol. The molecule has 0 spiro atoms. The van der Waals surface area contributed by atoms with Crippen molar-refractivity contribution in [1.82, 2.24) is 0 Å². The van der Waals surface area contributed by atoms with Crippen LogP contribution in [0.15, 0.2) is 0 Å². The van der Waals surface area contributed by atoms with Crippen molar-refractivity contribution in [2.75, 3.05) is 6.26 Å². The molecule has 0 heterocycles. The van der Waals surface area contributed by atoms with Gasteiger partial charge in [0.25, 0.3) is 0 Å². The first-order valence-corrected chi connectivity index (χ1v) is 9.41. The molecule has 0 saturated carbocycles. The van der Waals surface area contributed by atoms with Crippen LogP contribution in [0.2, 0.25) is 0 Å². The van der Waals surface area contributed by atoms with Crippen molar-refractivity contribution in [3.63, 3.8) is 0 Å². The van der Waals surface area contributed by atoms with E-state index in [0.717, 1.165) is 5.28 Å². The van der Waals surface area contributed by atoms with Gasteiger partial charge in [-0.3, -0.25) is 0 Å². The molecule has 0 aromatic carbocycles. The molecule has 32 valence electrons. The van der Waals surface area contributed by atoms with Gasteiger partial charge in [0, 0.05) is 21.1 Å². The van der Waals surface area contributed by atoms with Gasteiger partial charge in [0.1, 0.15) is 0 Å². The summed E-state index contributed by atoms with van der Waals surface area (Å²) in [5.74, 6) is 0. The largest absolute Gasteiger partial charge is 0 e. The minimum Gasteiger partial charge on any atom is 0 e. The van der Waals surface area contributed by atoms with E-state index in [4.69, 9.17) is 0 Å². The molecule has 0 bridgehead atoms. The quantitative estimate of drug-likeness (QED) is 0.349. The predicted molar refractivity (Wildman–Crippen MR) is 13.3 cm³/mol. The molecule has 5 heavy (non-hydrogen) atoms. The minimum absolute atomic E-state index is 0. The fraction of sp³-hybridized carbons (Fsp3) is 1.00.